The zero-order chi connectivity index (χ0) is 20.6. The van der Waals surface area contributed by atoms with Crippen molar-refractivity contribution in [2.45, 2.75) is 51.4 Å². The number of nitrogens with zero attached hydrogens (tertiary/aromatic N) is 1. The highest BCUT2D eigenvalue weighted by Crippen LogP contribution is 2.28. The van der Waals surface area contributed by atoms with Crippen molar-refractivity contribution in [2.24, 2.45) is 11.8 Å². The van der Waals surface area contributed by atoms with E-state index < -0.39 is 0 Å². The third-order valence-corrected chi connectivity index (χ3v) is 6.90. The fraction of sp³-hybridized carbons (Fsp3) is 0.708. The molecule has 0 spiro atoms. The Morgan fingerprint density at radius 1 is 1.03 bits per heavy atom. The minimum atomic E-state index is 0.209. The quantitative estimate of drug-likeness (QED) is 0.726. The molecule has 162 valence electrons. The van der Waals surface area contributed by atoms with E-state index in [4.69, 9.17) is 9.47 Å². The van der Waals surface area contributed by atoms with Crippen LogP contribution in [-0.4, -0.2) is 58.3 Å². The molecule has 2 aliphatic rings. The van der Waals surface area contributed by atoms with Gasteiger partial charge in [0.05, 0.1) is 33.9 Å². The van der Waals surface area contributed by atoms with E-state index in [1.165, 1.54) is 38.6 Å². The Balaban J connectivity index is 1.42. The SMILES string of the molecule is COc1ccc(CCN(C)C(=O)C2CC[NH+](CC3CCCCC3)CC2)cc1OC. The van der Waals surface area contributed by atoms with Crippen molar-refractivity contribution in [1.29, 1.82) is 0 Å². The van der Waals surface area contributed by atoms with Gasteiger partial charge in [-0.15, -0.1) is 0 Å². The van der Waals surface area contributed by atoms with Crippen molar-refractivity contribution in [1.82, 2.24) is 4.90 Å². The lowest BCUT2D eigenvalue weighted by atomic mass is 9.87. The summed E-state index contributed by atoms with van der Waals surface area (Å²) in [6.45, 7) is 4.40. The van der Waals surface area contributed by atoms with E-state index in [1.54, 1.807) is 19.1 Å². The fourth-order valence-electron chi connectivity index (χ4n) is 5.03. The summed E-state index contributed by atoms with van der Waals surface area (Å²) < 4.78 is 10.7. The molecule has 5 nitrogen and oxygen atoms in total. The number of likely N-dealkylation sites (N-methyl/N-ethyl adjacent to an activating group) is 1. The van der Waals surface area contributed by atoms with Gasteiger partial charge in [-0.25, -0.2) is 0 Å². The van der Waals surface area contributed by atoms with Crippen molar-refractivity contribution in [3.05, 3.63) is 23.8 Å². The van der Waals surface area contributed by atoms with Crippen LogP contribution >= 0.6 is 0 Å². The summed E-state index contributed by atoms with van der Waals surface area (Å²) in [5, 5.41) is 0. The number of hydrogen-bond acceptors (Lipinski definition) is 3. The van der Waals surface area contributed by atoms with Gasteiger partial charge < -0.3 is 19.3 Å². The molecule has 0 aromatic heterocycles. The van der Waals surface area contributed by atoms with Crippen LogP contribution in [0.3, 0.4) is 0 Å². The molecule has 0 unspecified atom stereocenters. The van der Waals surface area contributed by atoms with E-state index in [9.17, 15) is 4.79 Å². The molecule has 1 N–H and O–H groups in total. The summed E-state index contributed by atoms with van der Waals surface area (Å²) in [7, 11) is 5.25. The van der Waals surface area contributed by atoms with Crippen molar-refractivity contribution < 1.29 is 19.2 Å². The van der Waals surface area contributed by atoms with Gasteiger partial charge in [-0.1, -0.05) is 25.3 Å². The number of rotatable bonds is 8. The van der Waals surface area contributed by atoms with Crippen molar-refractivity contribution in [2.75, 3.05) is 47.4 Å². The summed E-state index contributed by atoms with van der Waals surface area (Å²) in [5.41, 5.74) is 1.16. The molecule has 2 fully saturated rings. The highest BCUT2D eigenvalue weighted by atomic mass is 16.5. The lowest BCUT2D eigenvalue weighted by Gasteiger charge is -2.33. The number of quaternary nitrogens is 1. The average molecular weight is 404 g/mol. The maximum atomic E-state index is 12.9. The monoisotopic (exact) mass is 403 g/mol. The Bertz CT molecular complexity index is 650. The minimum absolute atomic E-state index is 0.209. The lowest BCUT2D eigenvalue weighted by molar-refractivity contribution is -0.909. The molecular weight excluding hydrogens is 364 g/mol. The molecule has 1 saturated carbocycles. The molecule has 1 saturated heterocycles. The Morgan fingerprint density at radius 3 is 2.38 bits per heavy atom. The fourth-order valence-corrected chi connectivity index (χ4v) is 5.03. The maximum Gasteiger partial charge on any atom is 0.225 e. The van der Waals surface area contributed by atoms with Gasteiger partial charge in [0.1, 0.15) is 0 Å². The molecule has 1 aromatic carbocycles. The Hall–Kier alpha value is -1.75. The van der Waals surface area contributed by atoms with E-state index in [0.29, 0.717) is 5.91 Å². The van der Waals surface area contributed by atoms with Gasteiger partial charge in [0, 0.05) is 38.3 Å². The topological polar surface area (TPSA) is 43.2 Å². The van der Waals surface area contributed by atoms with Crippen LogP contribution in [0.1, 0.15) is 50.5 Å². The van der Waals surface area contributed by atoms with Gasteiger partial charge in [-0.3, -0.25) is 4.79 Å². The number of methoxy groups -OCH3 is 2. The second-order valence-corrected chi connectivity index (χ2v) is 8.93. The Morgan fingerprint density at radius 2 is 1.72 bits per heavy atom. The number of nitrogens with one attached hydrogen (secondary N) is 1. The molecule has 1 heterocycles. The lowest BCUT2D eigenvalue weighted by Crippen LogP contribution is -3.13. The molecule has 1 aromatic rings. The molecule has 0 radical (unpaired) electrons. The van der Waals surface area contributed by atoms with Crippen LogP contribution in [0.5, 0.6) is 11.5 Å². The molecule has 5 heteroatoms. The molecule has 3 rings (SSSR count). The van der Waals surface area contributed by atoms with Crippen LogP contribution in [0.4, 0.5) is 0 Å². The van der Waals surface area contributed by atoms with Crippen LogP contribution < -0.4 is 14.4 Å². The number of hydrogen-bond donors (Lipinski definition) is 1. The summed E-state index contributed by atoms with van der Waals surface area (Å²) in [6, 6.07) is 5.98. The third kappa shape index (κ3) is 6.11. The molecular formula is C24H39N2O3+. The number of ether oxygens (including phenoxy) is 2. The first-order valence-electron chi connectivity index (χ1n) is 11.4. The van der Waals surface area contributed by atoms with E-state index in [1.807, 2.05) is 30.1 Å². The van der Waals surface area contributed by atoms with Crippen LogP contribution in [0.2, 0.25) is 0 Å². The van der Waals surface area contributed by atoms with Crippen LogP contribution in [-0.2, 0) is 11.2 Å². The standard InChI is InChI=1S/C24H38N2O3/c1-25(14-11-19-9-10-22(28-2)23(17-19)29-3)24(27)21-12-15-26(16-13-21)18-20-7-5-4-6-8-20/h9-10,17,20-21H,4-8,11-16,18H2,1-3H3/p+1. The molecule has 0 atom stereocenters. The van der Waals surface area contributed by atoms with Crippen LogP contribution in [0, 0.1) is 11.8 Å². The molecule has 29 heavy (non-hydrogen) atoms. The minimum Gasteiger partial charge on any atom is -0.493 e. The zero-order valence-electron chi connectivity index (χ0n) is 18.5. The van der Waals surface area contributed by atoms with Crippen molar-refractivity contribution in [3.8, 4) is 11.5 Å². The van der Waals surface area contributed by atoms with Gasteiger partial charge in [-0.2, -0.15) is 0 Å². The number of benzene rings is 1. The number of carbonyl (C=O) groups is 1. The van der Waals surface area contributed by atoms with Gasteiger partial charge in [0.15, 0.2) is 11.5 Å². The molecule has 0 bridgehead atoms. The van der Waals surface area contributed by atoms with Crippen molar-refractivity contribution >= 4 is 5.91 Å². The number of piperidine rings is 1. The maximum absolute atomic E-state index is 12.9. The van der Waals surface area contributed by atoms with Crippen LogP contribution in [0.25, 0.3) is 0 Å². The first-order valence-corrected chi connectivity index (χ1v) is 11.4. The van der Waals surface area contributed by atoms with E-state index >= 15 is 0 Å². The zero-order valence-corrected chi connectivity index (χ0v) is 18.5. The van der Waals surface area contributed by atoms with Gasteiger partial charge in [0.2, 0.25) is 5.91 Å². The predicted octanol–water partition coefficient (Wildman–Crippen LogP) is 2.58. The number of likely N-dealkylation sites (tertiary alicyclic amines) is 1. The first-order chi connectivity index (χ1) is 14.1. The smallest absolute Gasteiger partial charge is 0.225 e. The summed E-state index contributed by atoms with van der Waals surface area (Å²) in [5.74, 6) is 2.94. The second kappa shape index (κ2) is 10.9. The van der Waals surface area contributed by atoms with Crippen LogP contribution in [0.15, 0.2) is 18.2 Å². The average Bonchev–Trinajstić information content (AvgIpc) is 2.78. The molecule has 1 amide bonds. The highest BCUT2D eigenvalue weighted by Gasteiger charge is 2.30. The number of amides is 1. The Kier molecular flexibility index (Phi) is 8.22. The molecule has 1 aliphatic carbocycles. The third-order valence-electron chi connectivity index (χ3n) is 6.90. The Labute approximate surface area is 176 Å². The van der Waals surface area contributed by atoms with E-state index in [0.717, 1.165) is 61.9 Å². The largest absolute Gasteiger partial charge is 0.493 e. The summed E-state index contributed by atoms with van der Waals surface area (Å²) >= 11 is 0. The summed E-state index contributed by atoms with van der Waals surface area (Å²) in [6.07, 6.45) is 10.0. The van der Waals surface area contributed by atoms with E-state index in [-0.39, 0.29) is 5.92 Å². The highest BCUT2D eigenvalue weighted by molar-refractivity contribution is 5.78. The van der Waals surface area contributed by atoms with Gasteiger partial charge in [-0.05, 0) is 37.0 Å². The van der Waals surface area contributed by atoms with Gasteiger partial charge in [0.25, 0.3) is 0 Å². The van der Waals surface area contributed by atoms with Gasteiger partial charge >= 0.3 is 0 Å². The number of carbonyl (C=O) groups excluding carboxylic acids is 1. The normalized spacial score (nSPS) is 22.9. The first kappa shape index (κ1) is 21.9. The predicted molar refractivity (Wildman–Crippen MR) is 116 cm³/mol. The van der Waals surface area contributed by atoms with E-state index in [2.05, 4.69) is 0 Å². The second-order valence-electron chi connectivity index (χ2n) is 8.93. The summed E-state index contributed by atoms with van der Waals surface area (Å²) in [4.78, 5) is 16.6. The van der Waals surface area contributed by atoms with Crippen molar-refractivity contribution in [3.63, 3.8) is 0 Å². The molecule has 1 aliphatic heterocycles.